The van der Waals surface area contributed by atoms with Gasteiger partial charge in [0.15, 0.2) is 0 Å². The molecule has 1 fully saturated rings. The number of benzene rings is 1. The molecular formula is C18H27N3O2. The van der Waals surface area contributed by atoms with Crippen molar-refractivity contribution in [1.29, 1.82) is 0 Å². The quantitative estimate of drug-likeness (QED) is 0.820. The molecule has 3 amide bonds. The van der Waals surface area contributed by atoms with Crippen LogP contribution in [0.3, 0.4) is 0 Å². The van der Waals surface area contributed by atoms with Crippen LogP contribution in [-0.4, -0.2) is 36.5 Å². The van der Waals surface area contributed by atoms with E-state index in [9.17, 15) is 9.59 Å². The van der Waals surface area contributed by atoms with Gasteiger partial charge in [0, 0.05) is 26.6 Å². The van der Waals surface area contributed by atoms with Crippen LogP contribution in [0.25, 0.3) is 0 Å². The van der Waals surface area contributed by atoms with E-state index in [4.69, 9.17) is 0 Å². The highest BCUT2D eigenvalue weighted by Crippen LogP contribution is 2.34. The number of rotatable bonds is 5. The Morgan fingerprint density at radius 1 is 1.22 bits per heavy atom. The Morgan fingerprint density at radius 2 is 1.96 bits per heavy atom. The van der Waals surface area contributed by atoms with Crippen LogP contribution in [0.15, 0.2) is 18.2 Å². The summed E-state index contributed by atoms with van der Waals surface area (Å²) < 4.78 is 0. The van der Waals surface area contributed by atoms with E-state index in [-0.39, 0.29) is 18.0 Å². The number of hydrogen-bond donors (Lipinski definition) is 2. The molecule has 1 aromatic rings. The number of likely N-dealkylation sites (tertiary alicyclic amines) is 1. The molecule has 5 heteroatoms. The number of amides is 3. The molecule has 1 aromatic carbocycles. The van der Waals surface area contributed by atoms with Gasteiger partial charge in [0.05, 0.1) is 6.04 Å². The maximum atomic E-state index is 12.4. The number of hydrogen-bond acceptors (Lipinski definition) is 2. The third-order valence-electron chi connectivity index (χ3n) is 4.52. The Morgan fingerprint density at radius 3 is 2.70 bits per heavy atom. The Bertz CT molecular complexity index is 571. The minimum absolute atomic E-state index is 0.00349. The average Bonchev–Trinajstić information content (AvgIpc) is 2.98. The van der Waals surface area contributed by atoms with Crippen LogP contribution < -0.4 is 10.6 Å². The molecule has 1 atom stereocenters. The van der Waals surface area contributed by atoms with E-state index in [1.807, 2.05) is 4.90 Å². The molecule has 1 aliphatic heterocycles. The summed E-state index contributed by atoms with van der Waals surface area (Å²) in [5.41, 5.74) is 3.81. The van der Waals surface area contributed by atoms with E-state index in [2.05, 4.69) is 42.7 Å². The smallest absolute Gasteiger partial charge is 0.317 e. The summed E-state index contributed by atoms with van der Waals surface area (Å²) in [7, 11) is 0. The van der Waals surface area contributed by atoms with Crippen LogP contribution in [0, 0.1) is 13.8 Å². The predicted molar refractivity (Wildman–Crippen MR) is 91.3 cm³/mol. The predicted octanol–water partition coefficient (Wildman–Crippen LogP) is 2.68. The molecule has 0 bridgehead atoms. The van der Waals surface area contributed by atoms with E-state index in [1.54, 1.807) is 0 Å². The Hall–Kier alpha value is -2.04. The largest absolute Gasteiger partial charge is 0.356 e. The molecule has 1 heterocycles. The van der Waals surface area contributed by atoms with Crippen molar-refractivity contribution in [3.63, 3.8) is 0 Å². The lowest BCUT2D eigenvalue weighted by Gasteiger charge is -2.27. The lowest BCUT2D eigenvalue weighted by molar-refractivity contribution is -0.118. The monoisotopic (exact) mass is 317 g/mol. The fourth-order valence-corrected chi connectivity index (χ4v) is 3.12. The van der Waals surface area contributed by atoms with Gasteiger partial charge in [-0.3, -0.25) is 4.79 Å². The Kier molecular flexibility index (Phi) is 6.02. The molecule has 0 unspecified atom stereocenters. The second kappa shape index (κ2) is 7.99. The normalized spacial score (nSPS) is 17.2. The number of carbonyl (C=O) groups is 2. The van der Waals surface area contributed by atoms with Crippen LogP contribution in [-0.2, 0) is 4.79 Å². The van der Waals surface area contributed by atoms with Crippen molar-refractivity contribution in [2.75, 3.05) is 19.6 Å². The first kappa shape index (κ1) is 17.3. The van der Waals surface area contributed by atoms with E-state index in [0.29, 0.717) is 13.1 Å². The number of carbonyl (C=O) groups excluding carboxylic acids is 2. The van der Waals surface area contributed by atoms with Crippen molar-refractivity contribution in [2.45, 2.75) is 46.1 Å². The maximum absolute atomic E-state index is 12.4. The van der Waals surface area contributed by atoms with E-state index in [0.717, 1.165) is 25.8 Å². The standard InChI is InChI=1S/C18H27N3O2/c1-13-7-4-8-16(14(13)2)17-9-5-12-21(17)18(23)20-11-6-10-19-15(3)22/h4,7-8,17H,5-6,9-12H2,1-3H3,(H,19,22)(H,20,23)/t17-/m0/s1. The van der Waals surface area contributed by atoms with Crippen molar-refractivity contribution in [2.24, 2.45) is 0 Å². The highest BCUT2D eigenvalue weighted by Gasteiger charge is 2.30. The summed E-state index contributed by atoms with van der Waals surface area (Å²) >= 11 is 0. The van der Waals surface area contributed by atoms with Crippen LogP contribution >= 0.6 is 0 Å². The third-order valence-corrected chi connectivity index (χ3v) is 4.52. The number of aryl methyl sites for hydroxylation is 1. The van der Waals surface area contributed by atoms with E-state index >= 15 is 0 Å². The van der Waals surface area contributed by atoms with Crippen LogP contribution in [0.4, 0.5) is 4.79 Å². The summed E-state index contributed by atoms with van der Waals surface area (Å²) in [5, 5.41) is 5.70. The highest BCUT2D eigenvalue weighted by molar-refractivity contribution is 5.75. The molecule has 23 heavy (non-hydrogen) atoms. The maximum Gasteiger partial charge on any atom is 0.317 e. The summed E-state index contributed by atoms with van der Waals surface area (Å²) in [6, 6.07) is 6.48. The minimum atomic E-state index is -0.0362. The van der Waals surface area contributed by atoms with Gasteiger partial charge in [0.2, 0.25) is 5.91 Å². The van der Waals surface area contributed by atoms with Crippen molar-refractivity contribution >= 4 is 11.9 Å². The van der Waals surface area contributed by atoms with Gasteiger partial charge in [-0.25, -0.2) is 4.79 Å². The number of urea groups is 1. The zero-order chi connectivity index (χ0) is 16.8. The second-order valence-corrected chi connectivity index (χ2v) is 6.21. The van der Waals surface area contributed by atoms with Gasteiger partial charge in [0.25, 0.3) is 0 Å². The van der Waals surface area contributed by atoms with Gasteiger partial charge in [-0.1, -0.05) is 18.2 Å². The van der Waals surface area contributed by atoms with Crippen molar-refractivity contribution in [3.05, 3.63) is 34.9 Å². The Labute approximate surface area is 138 Å². The first-order chi connectivity index (χ1) is 11.0. The SMILES string of the molecule is CC(=O)NCCCNC(=O)N1CCC[C@H]1c1cccc(C)c1C. The van der Waals surface area contributed by atoms with E-state index < -0.39 is 0 Å². The lowest BCUT2D eigenvalue weighted by Crippen LogP contribution is -2.40. The zero-order valence-corrected chi connectivity index (χ0v) is 14.3. The molecule has 0 saturated carbocycles. The molecule has 2 rings (SSSR count). The van der Waals surface area contributed by atoms with Gasteiger partial charge < -0.3 is 15.5 Å². The Balaban J connectivity index is 1.92. The molecule has 0 aliphatic carbocycles. The molecular weight excluding hydrogens is 290 g/mol. The summed E-state index contributed by atoms with van der Waals surface area (Å²) in [6.45, 7) is 7.71. The van der Waals surface area contributed by atoms with E-state index in [1.165, 1.54) is 23.6 Å². The van der Waals surface area contributed by atoms with Crippen LogP contribution in [0.1, 0.15) is 48.9 Å². The summed E-state index contributed by atoms with van der Waals surface area (Å²) in [6.07, 6.45) is 2.80. The molecule has 1 aliphatic rings. The van der Waals surface area contributed by atoms with Crippen molar-refractivity contribution in [3.8, 4) is 0 Å². The average molecular weight is 317 g/mol. The first-order valence-electron chi connectivity index (χ1n) is 8.35. The zero-order valence-electron chi connectivity index (χ0n) is 14.3. The molecule has 1 saturated heterocycles. The van der Waals surface area contributed by atoms with Gasteiger partial charge >= 0.3 is 6.03 Å². The first-order valence-corrected chi connectivity index (χ1v) is 8.35. The molecule has 5 nitrogen and oxygen atoms in total. The van der Waals surface area contributed by atoms with Gasteiger partial charge in [-0.05, 0) is 49.8 Å². The molecule has 2 N–H and O–H groups in total. The fraction of sp³-hybridized carbons (Fsp3) is 0.556. The van der Waals surface area contributed by atoms with Gasteiger partial charge in [-0.15, -0.1) is 0 Å². The van der Waals surface area contributed by atoms with Gasteiger partial charge in [0.1, 0.15) is 0 Å². The summed E-state index contributed by atoms with van der Waals surface area (Å²) in [4.78, 5) is 25.2. The molecule has 0 radical (unpaired) electrons. The van der Waals surface area contributed by atoms with Crippen molar-refractivity contribution in [1.82, 2.24) is 15.5 Å². The third kappa shape index (κ3) is 4.47. The summed E-state index contributed by atoms with van der Waals surface area (Å²) in [5.74, 6) is -0.0362. The minimum Gasteiger partial charge on any atom is -0.356 e. The van der Waals surface area contributed by atoms with Gasteiger partial charge in [-0.2, -0.15) is 0 Å². The molecule has 126 valence electrons. The second-order valence-electron chi connectivity index (χ2n) is 6.21. The number of nitrogens with one attached hydrogen (secondary N) is 2. The van der Waals surface area contributed by atoms with Crippen molar-refractivity contribution < 1.29 is 9.59 Å². The van der Waals surface area contributed by atoms with Crippen LogP contribution in [0.2, 0.25) is 0 Å². The molecule has 0 aromatic heterocycles. The van der Waals surface area contributed by atoms with Crippen LogP contribution in [0.5, 0.6) is 0 Å². The lowest BCUT2D eigenvalue weighted by atomic mass is 9.96. The highest BCUT2D eigenvalue weighted by atomic mass is 16.2. The topological polar surface area (TPSA) is 61.4 Å². The fourth-order valence-electron chi connectivity index (χ4n) is 3.12. The molecule has 0 spiro atoms. The number of nitrogens with zero attached hydrogens (tertiary/aromatic N) is 1.